The molecule has 0 amide bonds. The van der Waals surface area contributed by atoms with Crippen LogP contribution in [0.15, 0.2) is 413 Å². The SMILES string of the molecule is FC(F)(F)c1ccccc1-c1cc(-c2nc(-c3ccccc3)nc(-c3ccccc3)n2)cc(-c2ccccc2C(F)(F)F)c1-n1c2ccc(-c3ccccc3)cc2c2cc(-c3ccccc3)ccc21.FC(F)(F)c1ccccc1-c1cc(-c2nc(-c3ccccc3)nc(-c3ccccc3)n2)cc(-c2ccccc2C(F)(F)F)c1-n1c2ccccc2c2cc(-c3ccccc3)ccc21. The van der Waals surface area contributed by atoms with Crippen LogP contribution in [-0.4, -0.2) is 39.0 Å². The first-order valence-electron chi connectivity index (χ1n) is 42.1. The molecular formula is C112H68F12N8. The monoisotopic (exact) mass is 1750 g/mol. The summed E-state index contributed by atoms with van der Waals surface area (Å²) in [4.78, 5) is 29.2. The quantitative estimate of drug-likeness (QED) is 0.0951. The Hall–Kier alpha value is -16.5. The highest BCUT2D eigenvalue weighted by molar-refractivity contribution is 6.15. The van der Waals surface area contributed by atoms with Crippen molar-refractivity contribution in [3.63, 3.8) is 0 Å². The van der Waals surface area contributed by atoms with Crippen LogP contribution >= 0.6 is 0 Å². The summed E-state index contributed by atoms with van der Waals surface area (Å²) in [5.41, 5.74) is 6.12. The molecule has 640 valence electrons. The van der Waals surface area contributed by atoms with E-state index >= 15 is 52.7 Å². The third kappa shape index (κ3) is 16.2. The van der Waals surface area contributed by atoms with Crippen LogP contribution in [0.3, 0.4) is 0 Å². The molecule has 17 aromatic carbocycles. The lowest BCUT2D eigenvalue weighted by Gasteiger charge is -2.24. The third-order valence-corrected chi connectivity index (χ3v) is 23.4. The number of hydrogen-bond acceptors (Lipinski definition) is 6. The molecule has 0 fully saturated rings. The molecule has 8 nitrogen and oxygen atoms in total. The summed E-state index contributed by atoms with van der Waals surface area (Å²) in [6.45, 7) is 0. The maximum Gasteiger partial charge on any atom is 0.417 e. The molecule has 4 aromatic heterocycles. The molecule has 0 unspecified atom stereocenters. The van der Waals surface area contributed by atoms with E-state index < -0.39 is 47.0 Å². The average Bonchev–Trinajstić information content (AvgIpc) is 1.52. The molecule has 0 aliphatic rings. The van der Waals surface area contributed by atoms with Gasteiger partial charge in [0.2, 0.25) is 0 Å². The Morgan fingerprint density at radius 3 is 0.598 bits per heavy atom. The number of benzene rings is 17. The van der Waals surface area contributed by atoms with Crippen LogP contribution < -0.4 is 0 Å². The molecule has 20 heteroatoms. The van der Waals surface area contributed by atoms with E-state index in [0.29, 0.717) is 44.3 Å². The van der Waals surface area contributed by atoms with Gasteiger partial charge in [-0.25, -0.2) is 29.9 Å². The van der Waals surface area contributed by atoms with Gasteiger partial charge in [0.25, 0.3) is 0 Å². The minimum absolute atomic E-state index is 0.00779. The topological polar surface area (TPSA) is 87.2 Å². The number of alkyl halides is 12. The lowest BCUT2D eigenvalue weighted by atomic mass is 9.88. The molecule has 0 aliphatic carbocycles. The molecule has 0 N–H and O–H groups in total. The summed E-state index contributed by atoms with van der Waals surface area (Å²) < 4.78 is 188. The Kier molecular flexibility index (Phi) is 21.7. The van der Waals surface area contributed by atoms with E-state index in [1.54, 1.807) is 39.5 Å². The zero-order valence-electron chi connectivity index (χ0n) is 69.4. The van der Waals surface area contributed by atoms with Crippen molar-refractivity contribution in [2.45, 2.75) is 24.7 Å². The van der Waals surface area contributed by atoms with Crippen LogP contribution in [0, 0.1) is 0 Å². The first kappa shape index (κ1) is 83.7. The highest BCUT2D eigenvalue weighted by atomic mass is 19.4. The number of nitrogens with zero attached hydrogens (tertiary/aromatic N) is 8. The van der Waals surface area contributed by atoms with Crippen LogP contribution in [0.5, 0.6) is 0 Å². The molecule has 4 heterocycles. The molecule has 21 aromatic rings. The number of rotatable bonds is 15. The Balaban J connectivity index is 0.000000165. The number of para-hydroxylation sites is 1. The third-order valence-electron chi connectivity index (χ3n) is 23.4. The Bertz CT molecular complexity index is 7550. The number of halogens is 12. The maximum absolute atomic E-state index is 15.5. The summed E-state index contributed by atoms with van der Waals surface area (Å²) >= 11 is 0. The van der Waals surface area contributed by atoms with Gasteiger partial charge in [-0.05, 0) is 147 Å². The lowest BCUT2D eigenvalue weighted by molar-refractivity contribution is -0.137. The first-order chi connectivity index (χ1) is 64.0. The maximum atomic E-state index is 15.5. The highest BCUT2D eigenvalue weighted by Crippen LogP contribution is 2.53. The summed E-state index contributed by atoms with van der Waals surface area (Å²) in [6, 6.07) is 117. The summed E-state index contributed by atoms with van der Waals surface area (Å²) in [7, 11) is 0. The molecule has 0 bridgehead atoms. The number of fused-ring (bicyclic) bond motifs is 6. The van der Waals surface area contributed by atoms with Gasteiger partial charge in [-0.3, -0.25) is 0 Å². The molecule has 0 radical (unpaired) electrons. The summed E-state index contributed by atoms with van der Waals surface area (Å²) in [6.07, 6.45) is -19.4. The van der Waals surface area contributed by atoms with Crippen molar-refractivity contribution in [3.05, 3.63) is 435 Å². The van der Waals surface area contributed by atoms with E-state index in [1.165, 1.54) is 72.8 Å². The van der Waals surface area contributed by atoms with Crippen molar-refractivity contribution in [2.75, 3.05) is 0 Å². The molecule has 0 spiro atoms. The van der Waals surface area contributed by atoms with E-state index in [2.05, 4.69) is 0 Å². The number of aromatic nitrogens is 8. The van der Waals surface area contributed by atoms with Crippen LogP contribution in [0.25, 0.3) is 201 Å². The van der Waals surface area contributed by atoms with Crippen LogP contribution in [0.4, 0.5) is 52.7 Å². The minimum atomic E-state index is -4.86. The molecule has 0 aliphatic heterocycles. The van der Waals surface area contributed by atoms with E-state index in [-0.39, 0.29) is 102 Å². The van der Waals surface area contributed by atoms with Crippen LogP contribution in [0.2, 0.25) is 0 Å². The van der Waals surface area contributed by atoms with Gasteiger partial charge < -0.3 is 9.13 Å². The van der Waals surface area contributed by atoms with Gasteiger partial charge in [0.1, 0.15) is 0 Å². The lowest BCUT2D eigenvalue weighted by Crippen LogP contribution is -2.11. The Morgan fingerprint density at radius 1 is 0.152 bits per heavy atom. The standard InChI is InChI=1S/C59H36F6N4.C53H32F6N4/c60-58(61,62)50-27-15-13-25-44(50)48-35-43(57-67-55(39-21-9-3-10-22-39)66-56(68-57)40-23-11-4-12-24-40)36-49(45-26-14-16-28-51(45)59(63,64)65)54(48)69-52-31-29-41(37-17-5-1-6-18-37)33-46(52)47-34-42(30-32-53(47)69)38-19-7-2-8-20-38;54-52(55,56)44-25-13-10-22-38(44)42-31-37(51-61-49(34-18-6-2-7-19-34)60-50(62-51)35-20-8-3-9-21-35)32-43(39-23-11-14-26-45(39)53(57,58)59)48(42)63-46-27-15-12-24-40(46)41-30-36(28-29-47(41)63)33-16-4-1-5-17-33/h1-36H;1-32H. The molecule has 0 atom stereocenters. The first-order valence-corrected chi connectivity index (χ1v) is 42.1. The van der Waals surface area contributed by atoms with Crippen LogP contribution in [0.1, 0.15) is 22.3 Å². The van der Waals surface area contributed by atoms with E-state index in [1.807, 2.05) is 285 Å². The van der Waals surface area contributed by atoms with Crippen molar-refractivity contribution in [1.82, 2.24) is 39.0 Å². The fraction of sp³-hybridized carbons (Fsp3) is 0.0357. The van der Waals surface area contributed by atoms with Crippen LogP contribution in [-0.2, 0) is 24.7 Å². The smallest absolute Gasteiger partial charge is 0.308 e. The zero-order chi connectivity index (χ0) is 90.6. The predicted octanol–water partition coefficient (Wildman–Crippen LogP) is 31.7. The molecule has 0 saturated carbocycles. The van der Waals surface area contributed by atoms with Gasteiger partial charge in [-0.2, -0.15) is 52.7 Å². The van der Waals surface area contributed by atoms with Gasteiger partial charge in [-0.15, -0.1) is 0 Å². The van der Waals surface area contributed by atoms with Crippen molar-refractivity contribution >= 4 is 43.6 Å². The molecule has 132 heavy (non-hydrogen) atoms. The summed E-state index contributed by atoms with van der Waals surface area (Å²) in [5, 5.41) is 3.02. The van der Waals surface area contributed by atoms with Gasteiger partial charge in [0.05, 0.1) is 55.7 Å². The number of hydrogen-bond donors (Lipinski definition) is 0. The van der Waals surface area contributed by atoms with Crippen molar-refractivity contribution in [3.8, 4) is 158 Å². The molecule has 0 saturated heterocycles. The normalized spacial score (nSPS) is 11.9. The van der Waals surface area contributed by atoms with E-state index in [4.69, 9.17) is 29.9 Å². The molecular weight excluding hydrogens is 1690 g/mol. The Labute approximate surface area is 748 Å². The van der Waals surface area contributed by atoms with Gasteiger partial charge in [0, 0.05) is 77.2 Å². The van der Waals surface area contributed by atoms with Crippen molar-refractivity contribution in [2.24, 2.45) is 0 Å². The van der Waals surface area contributed by atoms with Gasteiger partial charge in [0.15, 0.2) is 34.9 Å². The van der Waals surface area contributed by atoms with Gasteiger partial charge in [-0.1, -0.05) is 322 Å². The largest absolute Gasteiger partial charge is 0.417 e. The van der Waals surface area contributed by atoms with Crippen molar-refractivity contribution < 1.29 is 52.7 Å². The Morgan fingerprint density at radius 2 is 0.348 bits per heavy atom. The zero-order valence-corrected chi connectivity index (χ0v) is 69.4. The highest BCUT2D eigenvalue weighted by Gasteiger charge is 2.41. The van der Waals surface area contributed by atoms with E-state index in [0.717, 1.165) is 79.2 Å². The second-order valence-electron chi connectivity index (χ2n) is 31.6. The summed E-state index contributed by atoms with van der Waals surface area (Å²) in [5.74, 6) is 1.19. The second-order valence-corrected chi connectivity index (χ2v) is 31.6. The van der Waals surface area contributed by atoms with E-state index in [9.17, 15) is 0 Å². The predicted molar refractivity (Wildman–Crippen MR) is 499 cm³/mol. The fourth-order valence-electron chi connectivity index (χ4n) is 17.5. The minimum Gasteiger partial charge on any atom is -0.308 e. The second kappa shape index (κ2) is 34.3. The van der Waals surface area contributed by atoms with Gasteiger partial charge >= 0.3 is 24.7 Å². The fourth-order valence-corrected chi connectivity index (χ4v) is 17.5. The molecule has 21 rings (SSSR count). The average molecular weight is 1750 g/mol. The van der Waals surface area contributed by atoms with Crippen molar-refractivity contribution in [1.29, 1.82) is 0 Å².